The van der Waals surface area contributed by atoms with Crippen LogP contribution in [0.4, 0.5) is 4.79 Å². The van der Waals surface area contributed by atoms with Gasteiger partial charge in [-0.2, -0.15) is 8.42 Å². The third-order valence-corrected chi connectivity index (χ3v) is 4.69. The molecule has 0 unspecified atom stereocenters. The number of hydrogen-bond acceptors (Lipinski definition) is 4. The molecule has 1 aromatic carbocycles. The highest BCUT2D eigenvalue weighted by molar-refractivity contribution is 7.87. The first-order valence-corrected chi connectivity index (χ1v) is 9.46. The lowest BCUT2D eigenvalue weighted by Gasteiger charge is -2.28. The minimum absolute atomic E-state index is 0.0745. The van der Waals surface area contributed by atoms with E-state index in [1.54, 1.807) is 23.1 Å². The standard InChI is InChI=1S/C16H26N2O4S/c1-5-13(4)18(16(19)17-6-2)12-14-9-8-10-15(11-14)22-23(20,21)7-3/h8-11,13H,5-7,12H2,1-4H3,(H,17,19)/t13-/m1/s1. The first-order valence-electron chi connectivity index (χ1n) is 7.88. The summed E-state index contributed by atoms with van der Waals surface area (Å²) < 4.78 is 28.1. The Kier molecular flexibility index (Phi) is 7.35. The second-order valence-corrected chi connectivity index (χ2v) is 7.16. The Labute approximate surface area is 138 Å². The number of amides is 2. The molecule has 23 heavy (non-hydrogen) atoms. The van der Waals surface area contributed by atoms with Gasteiger partial charge in [-0.1, -0.05) is 19.1 Å². The van der Waals surface area contributed by atoms with Crippen LogP contribution in [0.5, 0.6) is 5.75 Å². The molecule has 0 saturated carbocycles. The van der Waals surface area contributed by atoms with Crippen molar-refractivity contribution < 1.29 is 17.4 Å². The van der Waals surface area contributed by atoms with Crippen LogP contribution in [0.15, 0.2) is 24.3 Å². The maximum absolute atomic E-state index is 12.2. The van der Waals surface area contributed by atoms with Crippen LogP contribution in [0.2, 0.25) is 0 Å². The average molecular weight is 342 g/mol. The van der Waals surface area contributed by atoms with Crippen molar-refractivity contribution in [3.8, 4) is 5.75 Å². The summed E-state index contributed by atoms with van der Waals surface area (Å²) >= 11 is 0. The summed E-state index contributed by atoms with van der Waals surface area (Å²) in [6, 6.07) is 6.76. The Hall–Kier alpha value is -1.76. The highest BCUT2D eigenvalue weighted by Gasteiger charge is 2.19. The van der Waals surface area contributed by atoms with E-state index in [0.717, 1.165) is 12.0 Å². The summed E-state index contributed by atoms with van der Waals surface area (Å²) in [6.45, 7) is 8.35. The summed E-state index contributed by atoms with van der Waals surface area (Å²) in [7, 11) is -3.56. The van der Waals surface area contributed by atoms with Gasteiger partial charge < -0.3 is 14.4 Å². The largest absolute Gasteiger partial charge is 0.382 e. The van der Waals surface area contributed by atoms with Gasteiger partial charge in [0.05, 0.1) is 5.75 Å². The lowest BCUT2D eigenvalue weighted by Crippen LogP contribution is -2.44. The van der Waals surface area contributed by atoms with Crippen molar-refractivity contribution in [2.75, 3.05) is 12.3 Å². The number of carbonyl (C=O) groups excluding carboxylic acids is 1. The van der Waals surface area contributed by atoms with Gasteiger partial charge in [-0.15, -0.1) is 0 Å². The van der Waals surface area contributed by atoms with Crippen LogP contribution in [0, 0.1) is 0 Å². The van der Waals surface area contributed by atoms with Gasteiger partial charge in [0.15, 0.2) is 0 Å². The smallest absolute Gasteiger partial charge is 0.317 e. The predicted molar refractivity (Wildman–Crippen MR) is 90.9 cm³/mol. The normalized spacial score (nSPS) is 12.5. The minimum atomic E-state index is -3.56. The lowest BCUT2D eigenvalue weighted by molar-refractivity contribution is 0.174. The molecule has 2 amide bonds. The molecule has 0 aliphatic rings. The molecular formula is C16H26N2O4S. The zero-order valence-electron chi connectivity index (χ0n) is 14.2. The maximum atomic E-state index is 12.2. The van der Waals surface area contributed by atoms with Gasteiger partial charge in [0.25, 0.3) is 0 Å². The van der Waals surface area contributed by atoms with E-state index in [-0.39, 0.29) is 23.6 Å². The van der Waals surface area contributed by atoms with Crippen LogP contribution in [0.3, 0.4) is 0 Å². The van der Waals surface area contributed by atoms with Gasteiger partial charge in [0, 0.05) is 19.1 Å². The molecule has 1 aromatic rings. The Morgan fingerprint density at radius 2 is 2.00 bits per heavy atom. The number of rotatable bonds is 8. The molecule has 0 bridgehead atoms. The zero-order chi connectivity index (χ0) is 17.5. The molecule has 0 aliphatic carbocycles. The van der Waals surface area contributed by atoms with Crippen molar-refractivity contribution in [1.29, 1.82) is 0 Å². The van der Waals surface area contributed by atoms with Crippen LogP contribution in [-0.4, -0.2) is 37.7 Å². The van der Waals surface area contributed by atoms with Gasteiger partial charge in [-0.25, -0.2) is 4.79 Å². The summed E-state index contributed by atoms with van der Waals surface area (Å²) in [5, 5.41) is 2.80. The number of nitrogens with zero attached hydrogens (tertiary/aromatic N) is 1. The Bertz CT molecular complexity index is 616. The molecule has 7 heteroatoms. The number of benzene rings is 1. The van der Waals surface area contributed by atoms with Crippen LogP contribution in [-0.2, 0) is 16.7 Å². The third-order valence-electron chi connectivity index (χ3n) is 3.54. The predicted octanol–water partition coefficient (Wildman–Crippen LogP) is 2.75. The highest BCUT2D eigenvalue weighted by Crippen LogP contribution is 2.18. The molecule has 0 radical (unpaired) electrons. The molecule has 0 spiro atoms. The maximum Gasteiger partial charge on any atom is 0.317 e. The fourth-order valence-corrected chi connectivity index (χ4v) is 2.51. The van der Waals surface area contributed by atoms with E-state index in [1.165, 1.54) is 6.92 Å². The van der Waals surface area contributed by atoms with E-state index in [9.17, 15) is 13.2 Å². The SMILES string of the molecule is CCNC(=O)N(Cc1cccc(OS(=O)(=O)CC)c1)[C@H](C)CC. The van der Waals surface area contributed by atoms with Gasteiger partial charge in [-0.05, 0) is 44.9 Å². The van der Waals surface area contributed by atoms with Crippen molar-refractivity contribution >= 4 is 16.1 Å². The molecule has 0 heterocycles. The van der Waals surface area contributed by atoms with E-state index in [0.29, 0.717) is 13.1 Å². The number of hydrogen-bond donors (Lipinski definition) is 1. The monoisotopic (exact) mass is 342 g/mol. The van der Waals surface area contributed by atoms with E-state index in [2.05, 4.69) is 5.32 Å². The van der Waals surface area contributed by atoms with E-state index < -0.39 is 10.1 Å². The molecule has 0 fully saturated rings. The van der Waals surface area contributed by atoms with Gasteiger partial charge in [0.2, 0.25) is 0 Å². The first-order chi connectivity index (χ1) is 10.8. The second kappa shape index (κ2) is 8.76. The third kappa shape index (κ3) is 6.09. The molecule has 130 valence electrons. The van der Waals surface area contributed by atoms with Crippen molar-refractivity contribution in [3.05, 3.63) is 29.8 Å². The molecule has 1 rings (SSSR count). The molecule has 6 nitrogen and oxygen atoms in total. The minimum Gasteiger partial charge on any atom is -0.382 e. The van der Waals surface area contributed by atoms with E-state index >= 15 is 0 Å². The van der Waals surface area contributed by atoms with Gasteiger partial charge in [0.1, 0.15) is 5.75 Å². The van der Waals surface area contributed by atoms with Crippen molar-refractivity contribution in [1.82, 2.24) is 10.2 Å². The highest BCUT2D eigenvalue weighted by atomic mass is 32.2. The van der Waals surface area contributed by atoms with Crippen molar-refractivity contribution in [2.45, 2.75) is 46.7 Å². The lowest BCUT2D eigenvalue weighted by atomic mass is 10.1. The summed E-state index contributed by atoms with van der Waals surface area (Å²) in [5.41, 5.74) is 0.820. The van der Waals surface area contributed by atoms with Crippen molar-refractivity contribution in [2.24, 2.45) is 0 Å². The van der Waals surface area contributed by atoms with Crippen LogP contribution >= 0.6 is 0 Å². The number of urea groups is 1. The molecule has 0 aliphatic heterocycles. The van der Waals surface area contributed by atoms with Crippen molar-refractivity contribution in [3.63, 3.8) is 0 Å². The van der Waals surface area contributed by atoms with Gasteiger partial charge in [-0.3, -0.25) is 0 Å². The van der Waals surface area contributed by atoms with Crippen LogP contribution in [0.1, 0.15) is 39.7 Å². The molecule has 1 N–H and O–H groups in total. The topological polar surface area (TPSA) is 75.7 Å². The summed E-state index contributed by atoms with van der Waals surface area (Å²) in [4.78, 5) is 13.9. The van der Waals surface area contributed by atoms with Gasteiger partial charge >= 0.3 is 16.1 Å². The summed E-state index contributed by atoms with van der Waals surface area (Å²) in [5.74, 6) is 0.180. The Morgan fingerprint density at radius 3 is 2.57 bits per heavy atom. The zero-order valence-corrected chi connectivity index (χ0v) is 15.0. The molecule has 0 aromatic heterocycles. The Balaban J connectivity index is 2.94. The average Bonchev–Trinajstić information content (AvgIpc) is 2.52. The molecule has 1 atom stereocenters. The number of nitrogens with one attached hydrogen (secondary N) is 1. The Morgan fingerprint density at radius 1 is 1.30 bits per heavy atom. The second-order valence-electron chi connectivity index (χ2n) is 5.30. The fourth-order valence-electron chi connectivity index (χ4n) is 2.00. The molecule has 0 saturated heterocycles. The van der Waals surface area contributed by atoms with Crippen LogP contribution in [0.25, 0.3) is 0 Å². The quantitative estimate of drug-likeness (QED) is 0.737. The summed E-state index contributed by atoms with van der Waals surface area (Å²) in [6.07, 6.45) is 0.831. The fraction of sp³-hybridized carbons (Fsp3) is 0.562. The number of carbonyl (C=O) groups is 1. The van der Waals surface area contributed by atoms with E-state index in [1.807, 2.05) is 26.8 Å². The van der Waals surface area contributed by atoms with E-state index in [4.69, 9.17) is 4.18 Å². The first kappa shape index (κ1) is 19.3. The molecular weight excluding hydrogens is 316 g/mol. The van der Waals surface area contributed by atoms with Crippen LogP contribution < -0.4 is 9.50 Å².